The summed E-state index contributed by atoms with van der Waals surface area (Å²) in [6.45, 7) is 2.02. The number of carbonyl (C=O) groups excluding carboxylic acids is 2. The van der Waals surface area contributed by atoms with Crippen molar-refractivity contribution in [2.75, 3.05) is 0 Å². The summed E-state index contributed by atoms with van der Waals surface area (Å²) in [5.74, 6) is -0.891. The monoisotopic (exact) mass is 285 g/mol. The summed E-state index contributed by atoms with van der Waals surface area (Å²) < 4.78 is 0. The molecule has 0 fully saturated rings. The minimum atomic E-state index is -0.647. The minimum absolute atomic E-state index is 0.288. The van der Waals surface area contributed by atoms with E-state index in [1.165, 1.54) is 0 Å². The Kier molecular flexibility index (Phi) is 4.87. The number of nitrogens with zero attached hydrogens (tertiary/aromatic N) is 1. The molecular formula is C16H19N3O2. The number of hydrogen-bond acceptors (Lipinski definition) is 3. The van der Waals surface area contributed by atoms with Crippen molar-refractivity contribution in [1.29, 1.82) is 0 Å². The summed E-state index contributed by atoms with van der Waals surface area (Å²) in [5, 5.41) is 3.62. The number of nitrogens with two attached hydrogens (primary N) is 1. The van der Waals surface area contributed by atoms with Crippen LogP contribution in [0.15, 0.2) is 36.4 Å². The molecule has 2 rings (SSSR count). The first-order valence-electron chi connectivity index (χ1n) is 7.07. The van der Waals surface area contributed by atoms with Crippen LogP contribution in [-0.4, -0.2) is 22.8 Å². The first-order valence-corrected chi connectivity index (χ1v) is 7.07. The third-order valence-corrected chi connectivity index (χ3v) is 3.33. The van der Waals surface area contributed by atoms with E-state index in [0.717, 1.165) is 23.7 Å². The molecule has 21 heavy (non-hydrogen) atoms. The first-order chi connectivity index (χ1) is 10.1. The van der Waals surface area contributed by atoms with E-state index in [0.29, 0.717) is 6.42 Å². The van der Waals surface area contributed by atoms with E-state index in [2.05, 4.69) is 10.3 Å². The Bertz CT molecular complexity index is 655. The fourth-order valence-electron chi connectivity index (χ4n) is 2.12. The van der Waals surface area contributed by atoms with Crippen LogP contribution < -0.4 is 11.1 Å². The van der Waals surface area contributed by atoms with E-state index >= 15 is 0 Å². The standard InChI is InChI=1S/C16H19N3O2/c1-2-3-7-13(15(17)20)19-16(21)14-10-9-11-6-4-5-8-12(11)18-14/h4-6,8-10,13H,2-3,7H2,1H3,(H2,17,20)(H,19,21)/t13-/m0/s1. The van der Waals surface area contributed by atoms with Gasteiger partial charge in [-0.2, -0.15) is 0 Å². The molecule has 0 saturated carbocycles. The molecule has 5 nitrogen and oxygen atoms in total. The zero-order valence-electron chi connectivity index (χ0n) is 12.0. The van der Waals surface area contributed by atoms with E-state index in [1.54, 1.807) is 6.07 Å². The Hall–Kier alpha value is -2.43. The highest BCUT2D eigenvalue weighted by Gasteiger charge is 2.19. The molecule has 0 aliphatic rings. The minimum Gasteiger partial charge on any atom is -0.368 e. The van der Waals surface area contributed by atoms with Gasteiger partial charge in [-0.25, -0.2) is 4.98 Å². The number of benzene rings is 1. The quantitative estimate of drug-likeness (QED) is 0.851. The third kappa shape index (κ3) is 3.78. The smallest absolute Gasteiger partial charge is 0.270 e. The fraction of sp³-hybridized carbons (Fsp3) is 0.312. The summed E-state index contributed by atoms with van der Waals surface area (Å²) in [6, 6.07) is 10.4. The Balaban J connectivity index is 2.15. The van der Waals surface area contributed by atoms with Gasteiger partial charge in [-0.3, -0.25) is 9.59 Å². The molecule has 110 valence electrons. The normalized spacial score (nSPS) is 12.0. The molecule has 1 heterocycles. The molecule has 0 spiro atoms. The van der Waals surface area contributed by atoms with Crippen molar-refractivity contribution in [3.05, 3.63) is 42.1 Å². The molecule has 2 amide bonds. The number of primary amides is 1. The number of carbonyl (C=O) groups is 2. The van der Waals surface area contributed by atoms with Crippen LogP contribution in [0.4, 0.5) is 0 Å². The summed E-state index contributed by atoms with van der Waals surface area (Å²) in [4.78, 5) is 27.9. The maximum Gasteiger partial charge on any atom is 0.270 e. The second kappa shape index (κ2) is 6.83. The van der Waals surface area contributed by atoms with E-state index in [4.69, 9.17) is 5.73 Å². The third-order valence-electron chi connectivity index (χ3n) is 3.33. The Morgan fingerprint density at radius 2 is 2.00 bits per heavy atom. The van der Waals surface area contributed by atoms with Crippen LogP contribution >= 0.6 is 0 Å². The zero-order valence-corrected chi connectivity index (χ0v) is 12.0. The lowest BCUT2D eigenvalue weighted by molar-refractivity contribution is -0.120. The van der Waals surface area contributed by atoms with Crippen molar-refractivity contribution >= 4 is 22.7 Å². The predicted octanol–water partition coefficient (Wildman–Crippen LogP) is 2.01. The second-order valence-electron chi connectivity index (χ2n) is 4.96. The lowest BCUT2D eigenvalue weighted by atomic mass is 10.1. The van der Waals surface area contributed by atoms with Crippen LogP contribution in [0.1, 0.15) is 36.7 Å². The molecule has 1 aromatic carbocycles. The van der Waals surface area contributed by atoms with Gasteiger partial charge in [0.05, 0.1) is 5.52 Å². The number of nitrogens with one attached hydrogen (secondary N) is 1. The van der Waals surface area contributed by atoms with Gasteiger partial charge in [0.15, 0.2) is 0 Å². The van der Waals surface area contributed by atoms with Gasteiger partial charge >= 0.3 is 0 Å². The highest BCUT2D eigenvalue weighted by atomic mass is 16.2. The van der Waals surface area contributed by atoms with Gasteiger partial charge in [-0.05, 0) is 18.6 Å². The summed E-state index contributed by atoms with van der Waals surface area (Å²) in [5.41, 5.74) is 6.35. The average molecular weight is 285 g/mol. The number of unbranched alkanes of at least 4 members (excludes halogenated alkanes) is 1. The van der Waals surface area contributed by atoms with Gasteiger partial charge in [-0.1, -0.05) is 44.0 Å². The van der Waals surface area contributed by atoms with Gasteiger partial charge in [0, 0.05) is 5.39 Å². The van der Waals surface area contributed by atoms with Gasteiger partial charge in [-0.15, -0.1) is 0 Å². The maximum atomic E-state index is 12.2. The SMILES string of the molecule is CCCC[C@H](NC(=O)c1ccc2ccccc2n1)C(N)=O. The molecule has 2 aromatic rings. The zero-order chi connectivity index (χ0) is 15.2. The van der Waals surface area contributed by atoms with Crippen molar-refractivity contribution in [1.82, 2.24) is 10.3 Å². The number of amides is 2. The molecule has 0 saturated heterocycles. The highest BCUT2D eigenvalue weighted by Crippen LogP contribution is 2.12. The van der Waals surface area contributed by atoms with Crippen LogP contribution in [0.5, 0.6) is 0 Å². The van der Waals surface area contributed by atoms with Crippen LogP contribution in [0.25, 0.3) is 10.9 Å². The highest BCUT2D eigenvalue weighted by molar-refractivity contribution is 5.97. The lowest BCUT2D eigenvalue weighted by Gasteiger charge is -2.14. The van der Waals surface area contributed by atoms with Crippen molar-refractivity contribution in [3.63, 3.8) is 0 Å². The van der Waals surface area contributed by atoms with E-state index in [-0.39, 0.29) is 11.6 Å². The Morgan fingerprint density at radius 3 is 2.71 bits per heavy atom. The molecule has 0 radical (unpaired) electrons. The molecule has 0 aliphatic carbocycles. The predicted molar refractivity (Wildman–Crippen MR) is 81.7 cm³/mol. The number of para-hydroxylation sites is 1. The average Bonchev–Trinajstić information content (AvgIpc) is 2.50. The van der Waals surface area contributed by atoms with Crippen LogP contribution in [-0.2, 0) is 4.79 Å². The van der Waals surface area contributed by atoms with Crippen LogP contribution in [0, 0.1) is 0 Å². The summed E-state index contributed by atoms with van der Waals surface area (Å²) in [6.07, 6.45) is 2.32. The van der Waals surface area contributed by atoms with Crippen molar-refractivity contribution < 1.29 is 9.59 Å². The number of aromatic nitrogens is 1. The van der Waals surface area contributed by atoms with E-state index < -0.39 is 11.9 Å². The van der Waals surface area contributed by atoms with Crippen LogP contribution in [0.3, 0.4) is 0 Å². The molecule has 1 atom stereocenters. The molecule has 1 aromatic heterocycles. The largest absolute Gasteiger partial charge is 0.368 e. The van der Waals surface area contributed by atoms with Crippen molar-refractivity contribution in [3.8, 4) is 0 Å². The molecule has 0 aliphatic heterocycles. The first kappa shape index (κ1) is 15.0. The topological polar surface area (TPSA) is 85.1 Å². The fourth-order valence-corrected chi connectivity index (χ4v) is 2.12. The van der Waals surface area contributed by atoms with E-state index in [9.17, 15) is 9.59 Å². The number of pyridine rings is 1. The second-order valence-corrected chi connectivity index (χ2v) is 4.96. The number of rotatable bonds is 6. The summed E-state index contributed by atoms with van der Waals surface area (Å²) in [7, 11) is 0. The molecule has 0 bridgehead atoms. The maximum absolute atomic E-state index is 12.2. The van der Waals surface area contributed by atoms with Gasteiger partial charge in [0.2, 0.25) is 5.91 Å². The number of fused-ring (bicyclic) bond motifs is 1. The van der Waals surface area contributed by atoms with Crippen molar-refractivity contribution in [2.24, 2.45) is 5.73 Å². The molecule has 3 N–H and O–H groups in total. The van der Waals surface area contributed by atoms with E-state index in [1.807, 2.05) is 37.3 Å². The van der Waals surface area contributed by atoms with Gasteiger partial charge in [0.1, 0.15) is 11.7 Å². The van der Waals surface area contributed by atoms with Gasteiger partial charge in [0.25, 0.3) is 5.91 Å². The summed E-state index contributed by atoms with van der Waals surface area (Å²) >= 11 is 0. The Morgan fingerprint density at radius 1 is 1.24 bits per heavy atom. The van der Waals surface area contributed by atoms with Crippen molar-refractivity contribution in [2.45, 2.75) is 32.2 Å². The molecular weight excluding hydrogens is 266 g/mol. The lowest BCUT2D eigenvalue weighted by Crippen LogP contribution is -2.44. The Labute approximate surface area is 123 Å². The van der Waals surface area contributed by atoms with Crippen LogP contribution in [0.2, 0.25) is 0 Å². The van der Waals surface area contributed by atoms with Gasteiger partial charge < -0.3 is 11.1 Å². The molecule has 5 heteroatoms. The molecule has 0 unspecified atom stereocenters. The number of hydrogen-bond donors (Lipinski definition) is 2.